The van der Waals surface area contributed by atoms with Gasteiger partial charge in [-0.05, 0) is 23.3 Å². The van der Waals surface area contributed by atoms with Crippen LogP contribution in [0.1, 0.15) is 21.5 Å². The van der Waals surface area contributed by atoms with Gasteiger partial charge in [-0.3, -0.25) is 14.9 Å². The van der Waals surface area contributed by atoms with Crippen LogP contribution < -0.4 is 16.4 Å². The van der Waals surface area contributed by atoms with Crippen molar-refractivity contribution in [2.75, 3.05) is 16.9 Å². The first-order chi connectivity index (χ1) is 15.1. The number of non-ortho nitro benzene ring substituents is 1. The molecule has 0 aliphatic heterocycles. The number of pyridine rings is 1. The van der Waals surface area contributed by atoms with Crippen molar-refractivity contribution in [1.29, 1.82) is 0 Å². The zero-order valence-electron chi connectivity index (χ0n) is 17.1. The second-order valence-electron chi connectivity index (χ2n) is 7.15. The molecule has 166 valence electrons. The van der Waals surface area contributed by atoms with Crippen molar-refractivity contribution >= 4 is 38.6 Å². The zero-order chi connectivity index (χ0) is 23.3. The van der Waals surface area contributed by atoms with Crippen molar-refractivity contribution in [3.8, 4) is 0 Å². The second-order valence-corrected chi connectivity index (χ2v) is 9.29. The van der Waals surface area contributed by atoms with Crippen LogP contribution in [0.4, 0.5) is 22.9 Å². The summed E-state index contributed by atoms with van der Waals surface area (Å²) in [6.45, 7) is 0.228. The number of aromatic nitrogens is 1. The number of anilines is 3. The number of nitrogens with two attached hydrogens (primary N) is 1. The summed E-state index contributed by atoms with van der Waals surface area (Å²) in [5.41, 5.74) is 7.98. The minimum Gasteiger partial charge on any atom is -0.380 e. The van der Waals surface area contributed by atoms with E-state index < -0.39 is 20.7 Å². The van der Waals surface area contributed by atoms with Gasteiger partial charge >= 0.3 is 0 Å². The second kappa shape index (κ2) is 9.43. The first kappa shape index (κ1) is 22.7. The number of rotatable bonds is 9. The maximum atomic E-state index is 11.8. The molecule has 1 amide bonds. The van der Waals surface area contributed by atoms with Crippen LogP contribution in [0.3, 0.4) is 0 Å². The van der Waals surface area contributed by atoms with Crippen LogP contribution >= 0.6 is 0 Å². The summed E-state index contributed by atoms with van der Waals surface area (Å²) in [4.78, 5) is 26.5. The van der Waals surface area contributed by atoms with E-state index >= 15 is 0 Å². The smallest absolute Gasteiger partial charge is 0.269 e. The fourth-order valence-electron chi connectivity index (χ4n) is 2.98. The summed E-state index contributed by atoms with van der Waals surface area (Å²) in [6, 6.07) is 14.6. The van der Waals surface area contributed by atoms with E-state index in [2.05, 4.69) is 15.6 Å². The van der Waals surface area contributed by atoms with E-state index in [0.717, 1.165) is 0 Å². The highest BCUT2D eigenvalue weighted by Gasteiger charge is 2.12. The molecular weight excluding hydrogens is 434 g/mol. The van der Waals surface area contributed by atoms with Gasteiger partial charge in [-0.1, -0.05) is 24.3 Å². The summed E-state index contributed by atoms with van der Waals surface area (Å²) >= 11 is 0. The van der Waals surface area contributed by atoms with Crippen molar-refractivity contribution in [2.24, 2.45) is 5.73 Å². The van der Waals surface area contributed by atoms with Crippen LogP contribution in [0.2, 0.25) is 0 Å². The third-order valence-electron chi connectivity index (χ3n) is 4.43. The molecule has 0 radical (unpaired) electrons. The number of primary amides is 1. The van der Waals surface area contributed by atoms with Crippen molar-refractivity contribution in [2.45, 2.75) is 12.3 Å². The van der Waals surface area contributed by atoms with Crippen molar-refractivity contribution in [3.05, 3.63) is 87.6 Å². The summed E-state index contributed by atoms with van der Waals surface area (Å²) in [5, 5.41) is 17.1. The Morgan fingerprint density at radius 3 is 2.47 bits per heavy atom. The van der Waals surface area contributed by atoms with Gasteiger partial charge in [-0.15, -0.1) is 0 Å². The van der Waals surface area contributed by atoms with Gasteiger partial charge in [0.25, 0.3) is 11.6 Å². The fourth-order valence-corrected chi connectivity index (χ4v) is 3.78. The molecule has 10 nitrogen and oxygen atoms in total. The Bertz CT molecular complexity index is 1260. The number of hydrogen-bond acceptors (Lipinski definition) is 8. The predicted octanol–water partition coefficient (Wildman–Crippen LogP) is 2.99. The molecule has 0 aliphatic carbocycles. The molecule has 3 aromatic rings. The van der Waals surface area contributed by atoms with E-state index in [0.29, 0.717) is 28.3 Å². The summed E-state index contributed by atoms with van der Waals surface area (Å²) in [5.74, 6) is -0.298. The SMILES string of the molecule is CS(=O)(=O)Cc1ccc(Nc2cc(NCc3cccc([N+](=O)[O-])c3)c(C(N)=O)cn2)cc1. The molecule has 2 aromatic carbocycles. The standard InChI is InChI=1S/C21H21N5O5S/c1-32(30,31)13-14-5-7-16(8-6-14)25-20-10-19(18(12-24-20)21(22)27)23-11-15-3-2-4-17(9-15)26(28)29/h2-10,12H,11,13H2,1H3,(H2,22,27)(H2,23,24,25). The van der Waals surface area contributed by atoms with Crippen LogP contribution in [0.25, 0.3) is 0 Å². The highest BCUT2D eigenvalue weighted by molar-refractivity contribution is 7.89. The Labute approximate surface area is 184 Å². The van der Waals surface area contributed by atoms with Gasteiger partial charge < -0.3 is 16.4 Å². The molecule has 0 saturated carbocycles. The van der Waals surface area contributed by atoms with Crippen LogP contribution in [0.5, 0.6) is 0 Å². The van der Waals surface area contributed by atoms with Gasteiger partial charge in [0, 0.05) is 42.9 Å². The van der Waals surface area contributed by atoms with E-state index in [9.17, 15) is 23.3 Å². The maximum Gasteiger partial charge on any atom is 0.269 e. The van der Waals surface area contributed by atoms with E-state index in [4.69, 9.17) is 5.73 Å². The number of nitrogens with zero attached hydrogens (tertiary/aromatic N) is 2. The average molecular weight is 455 g/mol. The number of sulfone groups is 1. The van der Waals surface area contributed by atoms with Crippen LogP contribution in [0, 0.1) is 10.1 Å². The van der Waals surface area contributed by atoms with Gasteiger partial charge in [-0.25, -0.2) is 13.4 Å². The van der Waals surface area contributed by atoms with Crippen LogP contribution in [-0.2, 0) is 22.1 Å². The largest absolute Gasteiger partial charge is 0.380 e. The summed E-state index contributed by atoms with van der Waals surface area (Å²) in [7, 11) is -3.13. The third-order valence-corrected chi connectivity index (χ3v) is 5.29. The molecule has 1 aromatic heterocycles. The molecule has 0 unspecified atom stereocenters. The molecule has 0 bridgehead atoms. The minimum atomic E-state index is -3.13. The Kier molecular flexibility index (Phi) is 6.69. The van der Waals surface area contributed by atoms with Gasteiger partial charge in [-0.2, -0.15) is 0 Å². The molecule has 0 saturated heterocycles. The molecular formula is C21H21N5O5S. The number of carbonyl (C=O) groups is 1. The van der Waals surface area contributed by atoms with E-state index in [1.165, 1.54) is 24.6 Å². The quantitative estimate of drug-likeness (QED) is 0.328. The molecule has 1 heterocycles. The monoisotopic (exact) mass is 455 g/mol. The van der Waals surface area contributed by atoms with E-state index in [1.54, 1.807) is 42.5 Å². The Morgan fingerprint density at radius 2 is 1.84 bits per heavy atom. The number of nitrogens with one attached hydrogen (secondary N) is 2. The minimum absolute atomic E-state index is 0.0316. The van der Waals surface area contributed by atoms with Crippen LogP contribution in [-0.4, -0.2) is 30.5 Å². The summed E-state index contributed by atoms with van der Waals surface area (Å²) < 4.78 is 22.8. The Balaban J connectivity index is 1.78. The number of carbonyl (C=O) groups excluding carboxylic acids is 1. The van der Waals surface area contributed by atoms with Crippen molar-refractivity contribution < 1.29 is 18.1 Å². The molecule has 3 rings (SSSR count). The molecule has 0 aliphatic rings. The number of hydrogen-bond donors (Lipinski definition) is 3. The highest BCUT2D eigenvalue weighted by Crippen LogP contribution is 2.23. The number of nitro benzene ring substituents is 1. The highest BCUT2D eigenvalue weighted by atomic mass is 32.2. The molecule has 0 spiro atoms. The summed E-state index contributed by atoms with van der Waals surface area (Å²) in [6.07, 6.45) is 2.50. The van der Waals surface area contributed by atoms with Crippen LogP contribution in [0.15, 0.2) is 60.8 Å². The fraction of sp³-hybridized carbons (Fsp3) is 0.143. The normalized spacial score (nSPS) is 11.0. The Hall–Kier alpha value is -3.99. The topological polar surface area (TPSA) is 157 Å². The lowest BCUT2D eigenvalue weighted by Crippen LogP contribution is -2.15. The first-order valence-electron chi connectivity index (χ1n) is 9.41. The average Bonchev–Trinajstić information content (AvgIpc) is 2.73. The number of benzene rings is 2. The lowest BCUT2D eigenvalue weighted by molar-refractivity contribution is -0.384. The van der Waals surface area contributed by atoms with Gasteiger partial charge in [0.15, 0.2) is 9.84 Å². The van der Waals surface area contributed by atoms with Gasteiger partial charge in [0.2, 0.25) is 0 Å². The van der Waals surface area contributed by atoms with Crippen molar-refractivity contribution in [3.63, 3.8) is 0 Å². The molecule has 11 heteroatoms. The maximum absolute atomic E-state index is 11.8. The number of nitro groups is 1. The molecule has 32 heavy (non-hydrogen) atoms. The molecule has 4 N–H and O–H groups in total. The lowest BCUT2D eigenvalue weighted by Gasteiger charge is -2.13. The zero-order valence-corrected chi connectivity index (χ0v) is 17.9. The van der Waals surface area contributed by atoms with Gasteiger partial charge in [0.1, 0.15) is 5.82 Å². The molecule has 0 atom stereocenters. The van der Waals surface area contributed by atoms with Crippen molar-refractivity contribution in [1.82, 2.24) is 4.98 Å². The number of amides is 1. The lowest BCUT2D eigenvalue weighted by atomic mass is 10.1. The van der Waals surface area contributed by atoms with E-state index in [-0.39, 0.29) is 23.5 Å². The third kappa shape index (κ3) is 6.25. The van der Waals surface area contributed by atoms with E-state index in [1.807, 2.05) is 0 Å². The Morgan fingerprint density at radius 1 is 1.12 bits per heavy atom. The van der Waals surface area contributed by atoms with Gasteiger partial charge in [0.05, 0.1) is 21.9 Å². The predicted molar refractivity (Wildman–Crippen MR) is 121 cm³/mol. The molecule has 0 fully saturated rings. The first-order valence-corrected chi connectivity index (χ1v) is 11.5.